The molecule has 21 heavy (non-hydrogen) atoms. The summed E-state index contributed by atoms with van der Waals surface area (Å²) in [5, 5.41) is 25.1. The maximum absolute atomic E-state index is 11.0. The Hall–Kier alpha value is -3.22. The Morgan fingerprint density at radius 3 is 2.71 bits per heavy atom. The highest BCUT2D eigenvalue weighted by Crippen LogP contribution is 2.28. The van der Waals surface area contributed by atoms with Crippen LogP contribution in [0.15, 0.2) is 54.9 Å². The van der Waals surface area contributed by atoms with Crippen LogP contribution < -0.4 is 0 Å². The number of nitro groups is 1. The van der Waals surface area contributed by atoms with E-state index in [0.29, 0.717) is 11.3 Å². The molecule has 0 aliphatic carbocycles. The lowest BCUT2D eigenvalue weighted by atomic mass is 10.1. The Morgan fingerprint density at radius 2 is 1.95 bits per heavy atom. The summed E-state index contributed by atoms with van der Waals surface area (Å²) < 4.78 is 1.32. The molecule has 0 fully saturated rings. The average molecular weight is 282 g/mol. The Morgan fingerprint density at radius 1 is 1.14 bits per heavy atom. The van der Waals surface area contributed by atoms with Gasteiger partial charge in [0.1, 0.15) is 5.75 Å². The second-order valence-corrected chi connectivity index (χ2v) is 4.27. The van der Waals surface area contributed by atoms with Gasteiger partial charge in [0.25, 0.3) is 0 Å². The van der Waals surface area contributed by atoms with Crippen molar-refractivity contribution in [2.45, 2.75) is 0 Å². The molecular weight excluding hydrogens is 272 g/mol. The number of rotatable bonds is 3. The second-order valence-electron chi connectivity index (χ2n) is 4.27. The third-order valence-electron chi connectivity index (χ3n) is 2.95. The largest absolute Gasteiger partial charge is 0.507 e. The van der Waals surface area contributed by atoms with E-state index in [2.05, 4.69) is 10.1 Å². The van der Waals surface area contributed by atoms with Crippen LogP contribution >= 0.6 is 0 Å². The summed E-state index contributed by atoms with van der Waals surface area (Å²) in [5.41, 5.74) is 0.923. The summed E-state index contributed by atoms with van der Waals surface area (Å²) >= 11 is 0. The lowest BCUT2D eigenvalue weighted by molar-refractivity contribution is -0.384. The normalized spacial score (nSPS) is 10.5. The molecule has 2 heterocycles. The number of para-hydroxylation sites is 1. The predicted octanol–water partition coefficient (Wildman–Crippen LogP) is 2.55. The maximum atomic E-state index is 11.0. The zero-order valence-electron chi connectivity index (χ0n) is 10.7. The minimum absolute atomic E-state index is 0.0956. The van der Waals surface area contributed by atoms with E-state index in [1.54, 1.807) is 36.5 Å². The topological polar surface area (TPSA) is 94.1 Å². The molecular formula is C14H10N4O3. The molecule has 2 aromatic heterocycles. The van der Waals surface area contributed by atoms with Gasteiger partial charge in [-0.1, -0.05) is 12.1 Å². The molecule has 3 rings (SSSR count). The number of aromatic nitrogens is 3. The van der Waals surface area contributed by atoms with E-state index < -0.39 is 4.92 Å². The van der Waals surface area contributed by atoms with Gasteiger partial charge in [-0.3, -0.25) is 10.1 Å². The van der Waals surface area contributed by atoms with E-state index in [1.807, 2.05) is 0 Å². The number of nitrogens with zero attached hydrogens (tertiary/aromatic N) is 4. The van der Waals surface area contributed by atoms with Crippen LogP contribution in [0.2, 0.25) is 0 Å². The molecule has 0 aliphatic rings. The SMILES string of the molecule is O=[N+]([O-])c1cccnc1-n1ccc(-c2ccccc2O)n1. The van der Waals surface area contributed by atoms with Crippen molar-refractivity contribution >= 4 is 5.69 Å². The van der Waals surface area contributed by atoms with Gasteiger partial charge in [-0.15, -0.1) is 0 Å². The van der Waals surface area contributed by atoms with Crippen LogP contribution in [0.4, 0.5) is 5.69 Å². The number of aromatic hydroxyl groups is 1. The van der Waals surface area contributed by atoms with E-state index in [9.17, 15) is 15.2 Å². The van der Waals surface area contributed by atoms with Crippen LogP contribution in [-0.4, -0.2) is 24.8 Å². The number of hydrogen-bond donors (Lipinski definition) is 1. The molecule has 0 saturated carbocycles. The fourth-order valence-electron chi connectivity index (χ4n) is 1.98. The van der Waals surface area contributed by atoms with Crippen molar-refractivity contribution in [1.29, 1.82) is 0 Å². The van der Waals surface area contributed by atoms with Crippen LogP contribution in [0.25, 0.3) is 17.1 Å². The fraction of sp³-hybridized carbons (Fsp3) is 0. The lowest BCUT2D eigenvalue weighted by Crippen LogP contribution is -2.03. The summed E-state index contributed by atoms with van der Waals surface area (Å²) in [7, 11) is 0. The van der Waals surface area contributed by atoms with Crippen LogP contribution in [-0.2, 0) is 0 Å². The molecule has 0 atom stereocenters. The summed E-state index contributed by atoms with van der Waals surface area (Å²) in [6, 6.07) is 11.3. The molecule has 0 radical (unpaired) electrons. The first-order valence-corrected chi connectivity index (χ1v) is 6.10. The maximum Gasteiger partial charge on any atom is 0.313 e. The Bertz CT molecular complexity index is 813. The fourth-order valence-corrected chi connectivity index (χ4v) is 1.98. The number of phenols is 1. The van der Waals surface area contributed by atoms with Crippen LogP contribution in [0.3, 0.4) is 0 Å². The van der Waals surface area contributed by atoms with E-state index in [4.69, 9.17) is 0 Å². The molecule has 104 valence electrons. The third kappa shape index (κ3) is 2.32. The van der Waals surface area contributed by atoms with Crippen molar-refractivity contribution in [3.05, 3.63) is 65.0 Å². The van der Waals surface area contributed by atoms with E-state index in [0.717, 1.165) is 0 Å². The number of pyridine rings is 1. The van der Waals surface area contributed by atoms with Crippen molar-refractivity contribution in [3.63, 3.8) is 0 Å². The molecule has 0 saturated heterocycles. The number of benzene rings is 1. The van der Waals surface area contributed by atoms with Crippen molar-refractivity contribution in [1.82, 2.24) is 14.8 Å². The van der Waals surface area contributed by atoms with Gasteiger partial charge in [0.2, 0.25) is 5.82 Å². The quantitative estimate of drug-likeness (QED) is 0.588. The molecule has 0 bridgehead atoms. The zero-order chi connectivity index (χ0) is 14.8. The van der Waals surface area contributed by atoms with E-state index in [-0.39, 0.29) is 17.3 Å². The molecule has 0 unspecified atom stereocenters. The predicted molar refractivity (Wildman–Crippen MR) is 75.1 cm³/mol. The first-order chi connectivity index (χ1) is 10.2. The van der Waals surface area contributed by atoms with E-state index >= 15 is 0 Å². The second kappa shape index (κ2) is 5.04. The Kier molecular flexibility index (Phi) is 3.07. The van der Waals surface area contributed by atoms with E-state index in [1.165, 1.54) is 23.0 Å². The smallest absolute Gasteiger partial charge is 0.313 e. The first-order valence-electron chi connectivity index (χ1n) is 6.10. The average Bonchev–Trinajstić information content (AvgIpc) is 2.97. The van der Waals surface area contributed by atoms with Crippen molar-refractivity contribution < 1.29 is 10.0 Å². The molecule has 3 aromatic rings. The molecule has 7 nitrogen and oxygen atoms in total. The molecule has 7 heteroatoms. The zero-order valence-corrected chi connectivity index (χ0v) is 10.7. The van der Waals surface area contributed by atoms with Gasteiger partial charge in [0.05, 0.1) is 10.6 Å². The highest BCUT2D eigenvalue weighted by atomic mass is 16.6. The monoisotopic (exact) mass is 282 g/mol. The van der Waals surface area contributed by atoms with Gasteiger partial charge < -0.3 is 5.11 Å². The molecule has 1 aromatic carbocycles. The van der Waals surface area contributed by atoms with Gasteiger partial charge in [-0.05, 0) is 24.3 Å². The summed E-state index contributed by atoms with van der Waals surface area (Å²) in [5.74, 6) is 0.224. The third-order valence-corrected chi connectivity index (χ3v) is 2.95. The van der Waals surface area contributed by atoms with Crippen molar-refractivity contribution in [2.75, 3.05) is 0 Å². The first kappa shape index (κ1) is 12.8. The van der Waals surface area contributed by atoms with Gasteiger partial charge in [0.15, 0.2) is 0 Å². The molecule has 1 N–H and O–H groups in total. The van der Waals surface area contributed by atoms with Crippen molar-refractivity contribution in [3.8, 4) is 22.8 Å². The summed E-state index contributed by atoms with van der Waals surface area (Å²) in [4.78, 5) is 14.5. The van der Waals surface area contributed by atoms with Crippen LogP contribution in [0.5, 0.6) is 5.75 Å². The molecule has 0 spiro atoms. The van der Waals surface area contributed by atoms with Crippen LogP contribution in [0.1, 0.15) is 0 Å². The lowest BCUT2D eigenvalue weighted by Gasteiger charge is -2.02. The van der Waals surface area contributed by atoms with Crippen LogP contribution in [0, 0.1) is 10.1 Å². The van der Waals surface area contributed by atoms with Gasteiger partial charge in [-0.25, -0.2) is 9.67 Å². The number of phenolic OH excluding ortho intramolecular Hbond substituents is 1. The highest BCUT2D eigenvalue weighted by Gasteiger charge is 2.17. The standard InChI is InChI=1S/C14H10N4O3/c19-13-6-2-1-4-10(13)11-7-9-17(16-11)14-12(18(20)21)5-3-8-15-14/h1-9,19H. The summed E-state index contributed by atoms with van der Waals surface area (Å²) in [6.45, 7) is 0. The summed E-state index contributed by atoms with van der Waals surface area (Å²) in [6.07, 6.45) is 3.03. The highest BCUT2D eigenvalue weighted by molar-refractivity contribution is 5.66. The number of hydrogen-bond acceptors (Lipinski definition) is 5. The van der Waals surface area contributed by atoms with Gasteiger partial charge >= 0.3 is 5.69 Å². The minimum Gasteiger partial charge on any atom is -0.507 e. The molecule has 0 amide bonds. The Labute approximate surface area is 119 Å². The van der Waals surface area contributed by atoms with Gasteiger partial charge in [-0.2, -0.15) is 5.10 Å². The molecule has 0 aliphatic heterocycles. The Balaban J connectivity index is 2.08. The minimum atomic E-state index is -0.510. The van der Waals surface area contributed by atoms with Gasteiger partial charge in [0, 0.05) is 24.0 Å². The van der Waals surface area contributed by atoms with Crippen molar-refractivity contribution in [2.24, 2.45) is 0 Å².